The number of nitrogens with zero attached hydrogens (tertiary/aromatic N) is 2. The Labute approximate surface area is 139 Å². The lowest BCUT2D eigenvalue weighted by Gasteiger charge is -2.32. The van der Waals surface area contributed by atoms with Crippen LogP contribution in [-0.4, -0.2) is 54.6 Å². The Morgan fingerprint density at radius 2 is 2.00 bits per heavy atom. The predicted octanol–water partition coefficient (Wildman–Crippen LogP) is 3.76. The molecule has 1 aliphatic heterocycles. The maximum atomic E-state index is 6.37. The highest BCUT2D eigenvalue weighted by molar-refractivity contribution is 9.10. The van der Waals surface area contributed by atoms with Crippen molar-refractivity contribution in [1.82, 2.24) is 14.8 Å². The van der Waals surface area contributed by atoms with Crippen molar-refractivity contribution in [3.8, 4) is 0 Å². The number of likely N-dealkylation sites (N-methyl/N-ethyl adjacent to an activating group) is 1. The average molecular weight is 371 g/mol. The standard InChI is InChI=1S/C16H21BrClN3/c1-20-7-9-21(10-8-20)6-2-3-13-14-11-12(17)4-5-15(14)19-16(13)18/h4-5,11,19H,2-3,6-10H2,1H3. The Hall–Kier alpha value is -0.550. The van der Waals surface area contributed by atoms with Crippen LogP contribution in [0.3, 0.4) is 0 Å². The highest BCUT2D eigenvalue weighted by atomic mass is 79.9. The molecule has 3 nitrogen and oxygen atoms in total. The topological polar surface area (TPSA) is 22.3 Å². The van der Waals surface area contributed by atoms with Crippen LogP contribution in [0, 0.1) is 0 Å². The van der Waals surface area contributed by atoms with Gasteiger partial charge < -0.3 is 14.8 Å². The number of benzene rings is 1. The summed E-state index contributed by atoms with van der Waals surface area (Å²) in [7, 11) is 2.20. The van der Waals surface area contributed by atoms with Crippen molar-refractivity contribution >= 4 is 38.4 Å². The molecule has 114 valence electrons. The van der Waals surface area contributed by atoms with E-state index in [1.54, 1.807) is 0 Å². The van der Waals surface area contributed by atoms with E-state index in [-0.39, 0.29) is 0 Å². The van der Waals surface area contributed by atoms with Gasteiger partial charge in [-0.15, -0.1) is 0 Å². The number of aryl methyl sites for hydroxylation is 1. The van der Waals surface area contributed by atoms with Crippen molar-refractivity contribution in [1.29, 1.82) is 0 Å². The van der Waals surface area contributed by atoms with Crippen LogP contribution in [0.1, 0.15) is 12.0 Å². The summed E-state index contributed by atoms with van der Waals surface area (Å²) in [6.07, 6.45) is 2.19. The molecule has 1 fully saturated rings. The SMILES string of the molecule is CN1CCN(CCCc2c(Cl)[nH]c3ccc(Br)cc23)CC1. The van der Waals surface area contributed by atoms with Gasteiger partial charge in [-0.05, 0) is 50.2 Å². The summed E-state index contributed by atoms with van der Waals surface area (Å²) in [5.74, 6) is 0. The Morgan fingerprint density at radius 3 is 2.76 bits per heavy atom. The smallest absolute Gasteiger partial charge is 0.110 e. The number of hydrogen-bond acceptors (Lipinski definition) is 2. The molecule has 0 unspecified atom stereocenters. The lowest BCUT2D eigenvalue weighted by molar-refractivity contribution is 0.153. The molecule has 5 heteroatoms. The molecule has 0 radical (unpaired) electrons. The number of piperazine rings is 1. The lowest BCUT2D eigenvalue weighted by atomic mass is 10.1. The van der Waals surface area contributed by atoms with E-state index in [0.717, 1.165) is 34.5 Å². The van der Waals surface area contributed by atoms with Crippen molar-refractivity contribution in [3.05, 3.63) is 33.4 Å². The molecule has 0 amide bonds. The monoisotopic (exact) mass is 369 g/mol. The number of nitrogens with one attached hydrogen (secondary N) is 1. The molecule has 21 heavy (non-hydrogen) atoms. The summed E-state index contributed by atoms with van der Waals surface area (Å²) in [6.45, 7) is 5.89. The molecule has 0 bridgehead atoms. The summed E-state index contributed by atoms with van der Waals surface area (Å²) in [6, 6.07) is 6.28. The molecular formula is C16H21BrClN3. The molecule has 0 aliphatic carbocycles. The van der Waals surface area contributed by atoms with Crippen molar-refractivity contribution in [2.45, 2.75) is 12.8 Å². The van der Waals surface area contributed by atoms with Gasteiger partial charge in [-0.3, -0.25) is 0 Å². The maximum absolute atomic E-state index is 6.37. The minimum atomic E-state index is 0.793. The van der Waals surface area contributed by atoms with E-state index in [4.69, 9.17) is 11.6 Å². The molecule has 3 rings (SSSR count). The Kier molecular flexibility index (Phi) is 4.89. The first-order valence-electron chi connectivity index (χ1n) is 7.50. The fourth-order valence-electron chi connectivity index (χ4n) is 2.98. The zero-order chi connectivity index (χ0) is 14.8. The normalized spacial score (nSPS) is 17.7. The first-order chi connectivity index (χ1) is 10.1. The molecule has 1 N–H and O–H groups in total. The van der Waals surface area contributed by atoms with Gasteiger partial charge in [-0.1, -0.05) is 27.5 Å². The quantitative estimate of drug-likeness (QED) is 0.885. The number of aromatic amines is 1. The van der Waals surface area contributed by atoms with Gasteiger partial charge in [-0.25, -0.2) is 0 Å². The molecule has 1 aliphatic rings. The zero-order valence-electron chi connectivity index (χ0n) is 12.3. The molecule has 1 saturated heterocycles. The second kappa shape index (κ2) is 6.69. The first-order valence-corrected chi connectivity index (χ1v) is 8.67. The van der Waals surface area contributed by atoms with Gasteiger partial charge in [-0.2, -0.15) is 0 Å². The molecule has 2 aromatic rings. The van der Waals surface area contributed by atoms with Crippen molar-refractivity contribution in [2.24, 2.45) is 0 Å². The van der Waals surface area contributed by atoms with Crippen LogP contribution < -0.4 is 0 Å². The predicted molar refractivity (Wildman–Crippen MR) is 93.3 cm³/mol. The lowest BCUT2D eigenvalue weighted by Crippen LogP contribution is -2.44. The van der Waals surface area contributed by atoms with Gasteiger partial charge in [0.05, 0.1) is 0 Å². The van der Waals surface area contributed by atoms with Crippen molar-refractivity contribution in [2.75, 3.05) is 39.8 Å². The van der Waals surface area contributed by atoms with Crippen LogP contribution in [-0.2, 0) is 6.42 Å². The van der Waals surface area contributed by atoms with E-state index in [1.807, 2.05) is 6.07 Å². The van der Waals surface area contributed by atoms with Crippen LogP contribution in [0.4, 0.5) is 0 Å². The number of rotatable bonds is 4. The Morgan fingerprint density at radius 1 is 1.24 bits per heavy atom. The van der Waals surface area contributed by atoms with E-state index in [9.17, 15) is 0 Å². The number of H-pyrrole nitrogens is 1. The summed E-state index contributed by atoms with van der Waals surface area (Å²) in [5.41, 5.74) is 2.37. The van der Waals surface area contributed by atoms with Gasteiger partial charge in [0.1, 0.15) is 5.15 Å². The summed E-state index contributed by atoms with van der Waals surface area (Å²) in [5, 5.41) is 2.04. The minimum Gasteiger partial charge on any atom is -0.345 e. The van der Waals surface area contributed by atoms with Crippen LogP contribution in [0.2, 0.25) is 5.15 Å². The van der Waals surface area contributed by atoms with Crippen LogP contribution >= 0.6 is 27.5 Å². The van der Waals surface area contributed by atoms with E-state index < -0.39 is 0 Å². The minimum absolute atomic E-state index is 0.793. The highest BCUT2D eigenvalue weighted by Gasteiger charge is 2.14. The first kappa shape index (κ1) is 15.3. The third-order valence-corrected chi connectivity index (χ3v) is 5.13. The third-order valence-electron chi connectivity index (χ3n) is 4.31. The van der Waals surface area contributed by atoms with Gasteiger partial charge >= 0.3 is 0 Å². The maximum Gasteiger partial charge on any atom is 0.110 e. The molecule has 0 spiro atoms. The fraction of sp³-hybridized carbons (Fsp3) is 0.500. The highest BCUT2D eigenvalue weighted by Crippen LogP contribution is 2.29. The largest absolute Gasteiger partial charge is 0.345 e. The van der Waals surface area contributed by atoms with Gasteiger partial charge in [0.2, 0.25) is 0 Å². The average Bonchev–Trinajstić information content (AvgIpc) is 2.77. The third kappa shape index (κ3) is 3.62. The number of hydrogen-bond donors (Lipinski definition) is 1. The van der Waals surface area contributed by atoms with Crippen LogP contribution in [0.5, 0.6) is 0 Å². The second-order valence-corrected chi connectivity index (χ2v) is 7.15. The molecule has 2 heterocycles. The summed E-state index contributed by atoms with van der Waals surface area (Å²) < 4.78 is 1.10. The number of halogens is 2. The Bertz CT molecular complexity index is 617. The summed E-state index contributed by atoms with van der Waals surface area (Å²) in [4.78, 5) is 8.22. The molecule has 1 aromatic carbocycles. The van der Waals surface area contributed by atoms with Crippen molar-refractivity contribution in [3.63, 3.8) is 0 Å². The van der Waals surface area contributed by atoms with E-state index in [2.05, 4.69) is 49.9 Å². The molecule has 0 atom stereocenters. The Balaban J connectivity index is 1.62. The second-order valence-electron chi connectivity index (χ2n) is 5.86. The van der Waals surface area contributed by atoms with Gasteiger partial charge in [0.25, 0.3) is 0 Å². The van der Waals surface area contributed by atoms with E-state index >= 15 is 0 Å². The van der Waals surface area contributed by atoms with Crippen LogP contribution in [0.25, 0.3) is 10.9 Å². The van der Waals surface area contributed by atoms with E-state index in [0.29, 0.717) is 0 Å². The number of aromatic nitrogens is 1. The number of fused-ring (bicyclic) bond motifs is 1. The zero-order valence-corrected chi connectivity index (χ0v) is 14.7. The fourth-order valence-corrected chi connectivity index (χ4v) is 3.64. The van der Waals surface area contributed by atoms with Gasteiger partial charge in [0, 0.05) is 41.6 Å². The van der Waals surface area contributed by atoms with E-state index in [1.165, 1.54) is 37.1 Å². The summed E-state index contributed by atoms with van der Waals surface area (Å²) >= 11 is 9.91. The molecule has 1 aromatic heterocycles. The van der Waals surface area contributed by atoms with Crippen molar-refractivity contribution < 1.29 is 0 Å². The molecular weight excluding hydrogens is 350 g/mol. The van der Waals surface area contributed by atoms with Crippen LogP contribution in [0.15, 0.2) is 22.7 Å². The van der Waals surface area contributed by atoms with Gasteiger partial charge in [0.15, 0.2) is 0 Å². The molecule has 0 saturated carbocycles.